The van der Waals surface area contributed by atoms with E-state index in [9.17, 15) is 9.59 Å². The van der Waals surface area contributed by atoms with Crippen LogP contribution in [0.4, 0.5) is 5.82 Å². The van der Waals surface area contributed by atoms with Crippen LogP contribution >= 0.6 is 0 Å². The van der Waals surface area contributed by atoms with Crippen LogP contribution in [0.5, 0.6) is 5.75 Å². The molecule has 7 heteroatoms. The Labute approximate surface area is 97.0 Å². The van der Waals surface area contributed by atoms with Crippen molar-refractivity contribution in [3.8, 4) is 5.75 Å². The Balaban J connectivity index is 2.08. The van der Waals surface area contributed by atoms with Crippen LogP contribution in [0.15, 0.2) is 11.1 Å². The maximum Gasteiger partial charge on any atom is 0.303 e. The first-order valence-corrected chi connectivity index (χ1v) is 5.20. The minimum Gasteiger partial charge on any atom is -0.489 e. The van der Waals surface area contributed by atoms with E-state index >= 15 is 0 Å². The highest BCUT2D eigenvalue weighted by molar-refractivity contribution is 5.68. The minimum atomic E-state index is -0.805. The lowest BCUT2D eigenvalue weighted by Gasteiger charge is -2.39. The topological polar surface area (TPSA) is 95.5 Å². The van der Waals surface area contributed by atoms with E-state index in [0.717, 1.165) is 0 Å². The molecule has 2 N–H and O–H groups in total. The number of aliphatic carboxylic acids is 1. The van der Waals surface area contributed by atoms with Crippen LogP contribution in [-0.4, -0.2) is 41.2 Å². The molecular formula is C10H13N3O4. The Kier molecular flexibility index (Phi) is 2.99. The first-order valence-electron chi connectivity index (χ1n) is 5.20. The molecule has 17 heavy (non-hydrogen) atoms. The molecule has 1 aliphatic heterocycles. The van der Waals surface area contributed by atoms with Gasteiger partial charge in [0.1, 0.15) is 0 Å². The Morgan fingerprint density at radius 1 is 1.71 bits per heavy atom. The second kappa shape index (κ2) is 4.44. The minimum absolute atomic E-state index is 0.110. The van der Waals surface area contributed by atoms with Crippen molar-refractivity contribution in [3.05, 3.63) is 16.7 Å². The van der Waals surface area contributed by atoms with Crippen molar-refractivity contribution >= 4 is 11.8 Å². The van der Waals surface area contributed by atoms with Gasteiger partial charge in [-0.15, -0.1) is 0 Å². The summed E-state index contributed by atoms with van der Waals surface area (Å²) in [5.41, 5.74) is -0.334. The standard InChI is InChI=1S/C10H13N3O4/c1-17-8-9(11-5-12-10(8)16)13-3-6(4-13)2-7(14)15/h5-6H,2-4H2,1H3,(H,14,15)(H,11,12,16). The second-order valence-corrected chi connectivity index (χ2v) is 3.96. The molecule has 1 aromatic heterocycles. The molecule has 2 heterocycles. The lowest BCUT2D eigenvalue weighted by atomic mass is 9.96. The number of carbonyl (C=O) groups is 1. The van der Waals surface area contributed by atoms with Crippen LogP contribution in [0, 0.1) is 5.92 Å². The fraction of sp³-hybridized carbons (Fsp3) is 0.500. The molecule has 0 radical (unpaired) electrons. The van der Waals surface area contributed by atoms with Crippen molar-refractivity contribution in [3.63, 3.8) is 0 Å². The number of nitrogens with one attached hydrogen (secondary N) is 1. The summed E-state index contributed by atoms with van der Waals surface area (Å²) < 4.78 is 4.99. The van der Waals surface area contributed by atoms with Crippen LogP contribution in [0.3, 0.4) is 0 Å². The monoisotopic (exact) mass is 239 g/mol. The van der Waals surface area contributed by atoms with Crippen molar-refractivity contribution in [2.75, 3.05) is 25.1 Å². The van der Waals surface area contributed by atoms with Crippen LogP contribution < -0.4 is 15.2 Å². The van der Waals surface area contributed by atoms with Gasteiger partial charge in [-0.25, -0.2) is 4.98 Å². The number of hydrogen-bond acceptors (Lipinski definition) is 5. The SMILES string of the molecule is COc1c(N2CC(CC(=O)O)C2)nc[nH]c1=O. The summed E-state index contributed by atoms with van der Waals surface area (Å²) in [6.45, 7) is 1.16. The van der Waals surface area contributed by atoms with E-state index in [1.165, 1.54) is 13.4 Å². The van der Waals surface area contributed by atoms with Gasteiger partial charge in [-0.2, -0.15) is 0 Å². The van der Waals surface area contributed by atoms with Gasteiger partial charge in [0.25, 0.3) is 5.56 Å². The zero-order valence-electron chi connectivity index (χ0n) is 9.34. The number of carboxylic acid groups (broad SMARTS) is 1. The predicted molar refractivity (Wildman–Crippen MR) is 59.4 cm³/mol. The van der Waals surface area contributed by atoms with Crippen molar-refractivity contribution < 1.29 is 14.6 Å². The van der Waals surface area contributed by atoms with Crippen molar-refractivity contribution in [2.24, 2.45) is 5.92 Å². The van der Waals surface area contributed by atoms with Crippen LogP contribution in [-0.2, 0) is 4.79 Å². The van der Waals surface area contributed by atoms with E-state index in [1.807, 2.05) is 4.90 Å². The molecule has 0 aliphatic carbocycles. The van der Waals surface area contributed by atoms with Gasteiger partial charge in [0.05, 0.1) is 19.9 Å². The van der Waals surface area contributed by atoms with Crippen LogP contribution in [0.25, 0.3) is 0 Å². The molecule has 2 rings (SSSR count). The third-order valence-corrected chi connectivity index (χ3v) is 2.72. The Bertz CT molecular complexity index is 479. The van der Waals surface area contributed by atoms with E-state index in [2.05, 4.69) is 9.97 Å². The molecule has 0 aromatic carbocycles. The molecule has 0 unspecified atom stereocenters. The number of methoxy groups -OCH3 is 1. The number of ether oxygens (including phenoxy) is 1. The first kappa shape index (κ1) is 11.4. The molecule has 7 nitrogen and oxygen atoms in total. The largest absolute Gasteiger partial charge is 0.489 e. The van der Waals surface area contributed by atoms with Crippen LogP contribution in [0.1, 0.15) is 6.42 Å². The first-order chi connectivity index (χ1) is 8.11. The normalized spacial score (nSPS) is 15.5. The van der Waals surface area contributed by atoms with Gasteiger partial charge in [-0.1, -0.05) is 0 Å². The van der Waals surface area contributed by atoms with Gasteiger partial charge in [-0.05, 0) is 0 Å². The number of carboxylic acids is 1. The second-order valence-electron chi connectivity index (χ2n) is 3.96. The Morgan fingerprint density at radius 2 is 2.41 bits per heavy atom. The highest BCUT2D eigenvalue weighted by Gasteiger charge is 2.31. The van der Waals surface area contributed by atoms with Crippen molar-refractivity contribution in [2.45, 2.75) is 6.42 Å². The third-order valence-electron chi connectivity index (χ3n) is 2.72. The molecule has 1 aliphatic rings. The summed E-state index contributed by atoms with van der Waals surface area (Å²) >= 11 is 0. The number of hydrogen-bond donors (Lipinski definition) is 2. The average molecular weight is 239 g/mol. The quantitative estimate of drug-likeness (QED) is 0.748. The number of aromatic nitrogens is 2. The molecule has 1 fully saturated rings. The van der Waals surface area contributed by atoms with E-state index in [1.54, 1.807) is 0 Å². The summed E-state index contributed by atoms with van der Waals surface area (Å²) in [6, 6.07) is 0. The molecule has 0 bridgehead atoms. The van der Waals surface area contributed by atoms with Gasteiger partial charge in [0.2, 0.25) is 5.75 Å². The van der Waals surface area contributed by atoms with Crippen LogP contribution in [0.2, 0.25) is 0 Å². The van der Waals surface area contributed by atoms with Crippen molar-refractivity contribution in [1.82, 2.24) is 9.97 Å². The summed E-state index contributed by atoms with van der Waals surface area (Å²) in [4.78, 5) is 30.2. The number of nitrogens with zero attached hydrogens (tertiary/aromatic N) is 2. The Hall–Kier alpha value is -2.05. The highest BCUT2D eigenvalue weighted by atomic mass is 16.5. The van der Waals surface area contributed by atoms with E-state index in [0.29, 0.717) is 18.9 Å². The molecule has 1 saturated heterocycles. The summed E-state index contributed by atoms with van der Waals surface area (Å²) in [5.74, 6) is -0.0575. The lowest BCUT2D eigenvalue weighted by Crippen LogP contribution is -2.48. The number of aromatic amines is 1. The Morgan fingerprint density at radius 3 is 3.00 bits per heavy atom. The van der Waals surface area contributed by atoms with Gasteiger partial charge in [-0.3, -0.25) is 9.59 Å². The highest BCUT2D eigenvalue weighted by Crippen LogP contribution is 2.29. The third kappa shape index (κ3) is 2.22. The lowest BCUT2D eigenvalue weighted by molar-refractivity contribution is -0.138. The molecular weight excluding hydrogens is 226 g/mol. The average Bonchev–Trinajstić information content (AvgIpc) is 2.22. The van der Waals surface area contributed by atoms with Gasteiger partial charge in [0, 0.05) is 19.0 Å². The molecule has 1 aromatic rings. The maximum absolute atomic E-state index is 11.4. The van der Waals surface area contributed by atoms with E-state index in [-0.39, 0.29) is 23.6 Å². The zero-order valence-corrected chi connectivity index (χ0v) is 9.34. The summed E-state index contributed by atoms with van der Waals surface area (Å²) in [7, 11) is 1.41. The molecule has 0 atom stereocenters. The fourth-order valence-corrected chi connectivity index (χ4v) is 1.91. The van der Waals surface area contributed by atoms with E-state index < -0.39 is 5.97 Å². The zero-order chi connectivity index (χ0) is 12.4. The maximum atomic E-state index is 11.4. The van der Waals surface area contributed by atoms with Crippen molar-refractivity contribution in [1.29, 1.82) is 0 Å². The smallest absolute Gasteiger partial charge is 0.303 e. The number of H-pyrrole nitrogens is 1. The van der Waals surface area contributed by atoms with E-state index in [4.69, 9.17) is 9.84 Å². The van der Waals surface area contributed by atoms with Gasteiger partial charge < -0.3 is 19.7 Å². The molecule has 92 valence electrons. The number of anilines is 1. The summed E-state index contributed by atoms with van der Waals surface area (Å²) in [5, 5.41) is 8.64. The predicted octanol–water partition coefficient (Wildman–Crippen LogP) is -0.311. The molecule has 0 saturated carbocycles. The molecule has 0 amide bonds. The van der Waals surface area contributed by atoms with Gasteiger partial charge in [0.15, 0.2) is 5.82 Å². The van der Waals surface area contributed by atoms with Gasteiger partial charge >= 0.3 is 5.97 Å². The fourth-order valence-electron chi connectivity index (χ4n) is 1.91. The molecule has 0 spiro atoms. The number of rotatable bonds is 4. The summed E-state index contributed by atoms with van der Waals surface area (Å²) in [6.07, 6.45) is 1.45.